The highest BCUT2D eigenvalue weighted by molar-refractivity contribution is 9.09. The zero-order valence-corrected chi connectivity index (χ0v) is 11.8. The maximum absolute atomic E-state index is 9.44. The van der Waals surface area contributed by atoms with E-state index in [1.807, 2.05) is 0 Å². The van der Waals surface area contributed by atoms with Gasteiger partial charge in [0.25, 0.3) is 0 Å². The number of hydrogen-bond donors (Lipinski definition) is 1. The molecule has 0 saturated carbocycles. The van der Waals surface area contributed by atoms with Gasteiger partial charge in [-0.2, -0.15) is 0 Å². The Morgan fingerprint density at radius 3 is 2.27 bits per heavy atom. The van der Waals surface area contributed by atoms with Gasteiger partial charge in [0.1, 0.15) is 0 Å². The molecule has 3 heteroatoms. The van der Waals surface area contributed by atoms with Crippen LogP contribution in [0.25, 0.3) is 0 Å². The van der Waals surface area contributed by atoms with Gasteiger partial charge in [-0.3, -0.25) is 0 Å². The summed E-state index contributed by atoms with van der Waals surface area (Å²) < 4.78 is 0. The Balaban J connectivity index is 2.39. The minimum Gasteiger partial charge on any atom is -0.393 e. The lowest BCUT2D eigenvalue weighted by Gasteiger charge is -2.37. The molecule has 1 unspecified atom stereocenters. The van der Waals surface area contributed by atoms with Crippen molar-refractivity contribution < 1.29 is 5.11 Å². The summed E-state index contributed by atoms with van der Waals surface area (Å²) in [5.41, 5.74) is 0.361. The monoisotopic (exact) mass is 277 g/mol. The molecule has 2 nitrogen and oxygen atoms in total. The van der Waals surface area contributed by atoms with E-state index >= 15 is 0 Å². The van der Waals surface area contributed by atoms with Crippen molar-refractivity contribution in [2.24, 2.45) is 11.3 Å². The van der Waals surface area contributed by atoms with Crippen molar-refractivity contribution in [3.05, 3.63) is 0 Å². The third kappa shape index (κ3) is 4.41. The van der Waals surface area contributed by atoms with E-state index in [1.165, 1.54) is 0 Å². The number of halogens is 1. The number of alkyl halides is 1. The first-order valence-electron chi connectivity index (χ1n) is 5.90. The van der Waals surface area contributed by atoms with E-state index in [1.54, 1.807) is 0 Å². The molecule has 1 heterocycles. The maximum atomic E-state index is 9.44. The van der Waals surface area contributed by atoms with Crippen LogP contribution >= 0.6 is 15.9 Å². The van der Waals surface area contributed by atoms with Crippen LogP contribution in [0.5, 0.6) is 0 Å². The summed E-state index contributed by atoms with van der Waals surface area (Å²) in [6.45, 7) is 10.2. The van der Waals surface area contributed by atoms with Gasteiger partial charge in [-0.05, 0) is 24.2 Å². The molecule has 15 heavy (non-hydrogen) atoms. The Morgan fingerprint density at radius 2 is 1.87 bits per heavy atom. The molecule has 1 rings (SSSR count). The Kier molecular flexibility index (Phi) is 5.07. The molecule has 0 amide bonds. The molecule has 0 aliphatic carbocycles. The normalized spacial score (nSPS) is 23.0. The second kappa shape index (κ2) is 5.65. The van der Waals surface area contributed by atoms with Gasteiger partial charge in [0.2, 0.25) is 0 Å². The Hall–Kier alpha value is 0.400. The molecule has 1 N–H and O–H groups in total. The molecule has 1 aliphatic rings. The fraction of sp³-hybridized carbons (Fsp3) is 1.00. The number of aliphatic hydroxyl groups is 1. The number of nitrogens with zero attached hydrogens (tertiary/aromatic N) is 1. The van der Waals surface area contributed by atoms with E-state index in [2.05, 4.69) is 41.6 Å². The van der Waals surface area contributed by atoms with Gasteiger partial charge in [-0.1, -0.05) is 36.7 Å². The first-order chi connectivity index (χ1) is 6.93. The number of rotatable bonds is 3. The number of likely N-dealkylation sites (tertiary alicyclic amines) is 1. The van der Waals surface area contributed by atoms with Crippen molar-refractivity contribution in [2.45, 2.75) is 39.7 Å². The lowest BCUT2D eigenvalue weighted by atomic mass is 9.81. The van der Waals surface area contributed by atoms with Crippen LogP contribution < -0.4 is 0 Å². The molecule has 0 bridgehead atoms. The van der Waals surface area contributed by atoms with Crippen molar-refractivity contribution in [1.82, 2.24) is 4.90 Å². The lowest BCUT2D eigenvalue weighted by molar-refractivity contribution is 0.0650. The summed E-state index contributed by atoms with van der Waals surface area (Å²) in [6.07, 6.45) is 1.83. The average Bonchev–Trinajstić information content (AvgIpc) is 2.15. The molecule has 0 aromatic carbocycles. The van der Waals surface area contributed by atoms with Crippen LogP contribution in [0.2, 0.25) is 0 Å². The van der Waals surface area contributed by atoms with Gasteiger partial charge < -0.3 is 10.0 Å². The summed E-state index contributed by atoms with van der Waals surface area (Å²) in [5, 5.41) is 10.5. The standard InChI is InChI=1S/C12H24BrNO/c1-12(2,3)10(8-13)9-14-6-4-11(15)5-7-14/h10-11,15H,4-9H2,1-3H3. The van der Waals surface area contributed by atoms with Gasteiger partial charge in [0, 0.05) is 25.0 Å². The van der Waals surface area contributed by atoms with E-state index in [0.717, 1.165) is 37.8 Å². The SMILES string of the molecule is CC(C)(C)C(CBr)CN1CCC(O)CC1. The summed E-state index contributed by atoms with van der Waals surface area (Å²) in [7, 11) is 0. The molecule has 1 atom stereocenters. The molecular formula is C12H24BrNO. The molecular weight excluding hydrogens is 254 g/mol. The highest BCUT2D eigenvalue weighted by Gasteiger charge is 2.27. The highest BCUT2D eigenvalue weighted by Crippen LogP contribution is 2.29. The number of piperidine rings is 1. The van der Waals surface area contributed by atoms with Crippen LogP contribution in [0.4, 0.5) is 0 Å². The van der Waals surface area contributed by atoms with Crippen molar-refractivity contribution in [1.29, 1.82) is 0 Å². The minimum absolute atomic E-state index is 0.0571. The lowest BCUT2D eigenvalue weighted by Crippen LogP contribution is -2.42. The van der Waals surface area contributed by atoms with Gasteiger partial charge in [0.05, 0.1) is 6.10 Å². The molecule has 1 aliphatic heterocycles. The fourth-order valence-electron chi connectivity index (χ4n) is 1.97. The van der Waals surface area contributed by atoms with Crippen molar-refractivity contribution in [3.63, 3.8) is 0 Å². The first-order valence-corrected chi connectivity index (χ1v) is 7.02. The van der Waals surface area contributed by atoms with Crippen LogP contribution in [0.1, 0.15) is 33.6 Å². The van der Waals surface area contributed by atoms with E-state index < -0.39 is 0 Å². The van der Waals surface area contributed by atoms with E-state index in [4.69, 9.17) is 0 Å². The van der Waals surface area contributed by atoms with Crippen LogP contribution in [-0.2, 0) is 0 Å². The summed E-state index contributed by atoms with van der Waals surface area (Å²) in [6, 6.07) is 0. The van der Waals surface area contributed by atoms with Gasteiger partial charge in [-0.25, -0.2) is 0 Å². The molecule has 0 aromatic heterocycles. The predicted molar refractivity (Wildman–Crippen MR) is 68.4 cm³/mol. The zero-order valence-electron chi connectivity index (χ0n) is 10.2. The van der Waals surface area contributed by atoms with Crippen molar-refractivity contribution >= 4 is 15.9 Å². The smallest absolute Gasteiger partial charge is 0.0564 e. The third-order valence-electron chi connectivity index (χ3n) is 3.45. The summed E-state index contributed by atoms with van der Waals surface area (Å²) >= 11 is 3.61. The first kappa shape index (κ1) is 13.5. The molecule has 0 aromatic rings. The van der Waals surface area contributed by atoms with Gasteiger partial charge >= 0.3 is 0 Å². The highest BCUT2D eigenvalue weighted by atomic mass is 79.9. The molecule has 90 valence electrons. The van der Waals surface area contributed by atoms with Gasteiger partial charge in [0.15, 0.2) is 0 Å². The largest absolute Gasteiger partial charge is 0.393 e. The number of hydrogen-bond acceptors (Lipinski definition) is 2. The summed E-state index contributed by atoms with van der Waals surface area (Å²) in [5.74, 6) is 0.688. The third-order valence-corrected chi connectivity index (χ3v) is 4.23. The molecule has 0 spiro atoms. The van der Waals surface area contributed by atoms with E-state index in [9.17, 15) is 5.11 Å². The second-order valence-corrected chi connectivity index (χ2v) is 6.40. The Bertz CT molecular complexity index is 183. The summed E-state index contributed by atoms with van der Waals surface area (Å²) in [4.78, 5) is 2.49. The van der Waals surface area contributed by atoms with E-state index in [0.29, 0.717) is 11.3 Å². The van der Waals surface area contributed by atoms with Gasteiger partial charge in [-0.15, -0.1) is 0 Å². The maximum Gasteiger partial charge on any atom is 0.0564 e. The Morgan fingerprint density at radius 1 is 1.33 bits per heavy atom. The van der Waals surface area contributed by atoms with Crippen molar-refractivity contribution in [2.75, 3.05) is 25.0 Å². The molecule has 1 saturated heterocycles. The second-order valence-electron chi connectivity index (χ2n) is 5.75. The van der Waals surface area contributed by atoms with E-state index in [-0.39, 0.29) is 6.10 Å². The predicted octanol–water partition coefficient (Wildman–Crippen LogP) is 2.50. The average molecular weight is 278 g/mol. The van der Waals surface area contributed by atoms with Crippen LogP contribution in [0.3, 0.4) is 0 Å². The van der Waals surface area contributed by atoms with Crippen LogP contribution in [0, 0.1) is 11.3 Å². The van der Waals surface area contributed by atoms with Crippen molar-refractivity contribution in [3.8, 4) is 0 Å². The quantitative estimate of drug-likeness (QED) is 0.802. The minimum atomic E-state index is -0.0571. The van der Waals surface area contributed by atoms with Crippen LogP contribution in [-0.4, -0.2) is 41.1 Å². The molecule has 1 fully saturated rings. The zero-order chi connectivity index (χ0) is 11.5. The van der Waals surface area contributed by atoms with Crippen LogP contribution in [0.15, 0.2) is 0 Å². The topological polar surface area (TPSA) is 23.5 Å². The fourth-order valence-corrected chi connectivity index (χ4v) is 3.14. The molecule has 0 radical (unpaired) electrons. The Labute approximate surface area is 102 Å². The number of aliphatic hydroxyl groups excluding tert-OH is 1.